The predicted molar refractivity (Wildman–Crippen MR) is 67.5 cm³/mol. The Hall–Kier alpha value is -2.49. The molecule has 2 aromatic carbocycles. The number of aldehydes is 1. The van der Waals surface area contributed by atoms with Crippen LogP contribution in [0.1, 0.15) is 27.6 Å². The number of fused-ring (bicyclic) bond motifs is 1. The highest BCUT2D eigenvalue weighted by Gasteiger charge is 2.12. The summed E-state index contributed by atoms with van der Waals surface area (Å²) in [4.78, 5) is 33.7. The van der Waals surface area contributed by atoms with Gasteiger partial charge in [-0.2, -0.15) is 0 Å². The molecule has 2 aromatic rings. The Kier molecular flexibility index (Phi) is 3.19. The van der Waals surface area contributed by atoms with Crippen molar-refractivity contribution in [2.24, 2.45) is 0 Å². The zero-order valence-corrected chi connectivity index (χ0v) is 9.77. The van der Waals surface area contributed by atoms with Crippen molar-refractivity contribution in [2.45, 2.75) is 6.92 Å². The van der Waals surface area contributed by atoms with Gasteiger partial charge in [-0.25, -0.2) is 0 Å². The van der Waals surface area contributed by atoms with Crippen LogP contribution in [0.4, 0.5) is 0 Å². The van der Waals surface area contributed by atoms with Crippen molar-refractivity contribution in [1.82, 2.24) is 5.32 Å². The third-order valence-electron chi connectivity index (χ3n) is 2.62. The van der Waals surface area contributed by atoms with Crippen LogP contribution in [0.15, 0.2) is 36.4 Å². The first-order valence-electron chi connectivity index (χ1n) is 5.42. The van der Waals surface area contributed by atoms with Gasteiger partial charge in [-0.15, -0.1) is 0 Å². The summed E-state index contributed by atoms with van der Waals surface area (Å²) >= 11 is 0. The molecule has 0 aliphatic heterocycles. The first kappa shape index (κ1) is 12.0. The molecule has 0 aliphatic rings. The topological polar surface area (TPSA) is 63.2 Å². The first-order chi connectivity index (χ1) is 8.63. The molecule has 2 amide bonds. The van der Waals surface area contributed by atoms with E-state index < -0.39 is 11.8 Å². The van der Waals surface area contributed by atoms with Crippen LogP contribution < -0.4 is 5.32 Å². The van der Waals surface area contributed by atoms with E-state index in [0.29, 0.717) is 21.9 Å². The Bertz CT molecular complexity index is 647. The SMILES string of the molecule is CC(=O)NC(=O)c1ccc(C=O)c2ccccc12. The van der Waals surface area contributed by atoms with Gasteiger partial charge in [-0.1, -0.05) is 30.3 Å². The fraction of sp³-hybridized carbons (Fsp3) is 0.0714. The fourth-order valence-corrected chi connectivity index (χ4v) is 1.85. The highest BCUT2D eigenvalue weighted by Crippen LogP contribution is 2.21. The second-order valence-electron chi connectivity index (χ2n) is 3.88. The first-order valence-corrected chi connectivity index (χ1v) is 5.42. The van der Waals surface area contributed by atoms with Gasteiger partial charge in [0.2, 0.25) is 5.91 Å². The maximum Gasteiger partial charge on any atom is 0.258 e. The Morgan fingerprint density at radius 2 is 1.72 bits per heavy atom. The molecule has 4 nitrogen and oxygen atoms in total. The van der Waals surface area contributed by atoms with E-state index in [2.05, 4.69) is 5.32 Å². The Morgan fingerprint density at radius 3 is 2.33 bits per heavy atom. The van der Waals surface area contributed by atoms with Crippen LogP contribution in [0.25, 0.3) is 10.8 Å². The van der Waals surface area contributed by atoms with Crippen LogP contribution >= 0.6 is 0 Å². The molecule has 0 aromatic heterocycles. The quantitative estimate of drug-likeness (QED) is 0.817. The molecule has 0 radical (unpaired) electrons. The lowest BCUT2D eigenvalue weighted by molar-refractivity contribution is -0.118. The highest BCUT2D eigenvalue weighted by atomic mass is 16.2. The second-order valence-corrected chi connectivity index (χ2v) is 3.88. The molecule has 2 rings (SSSR count). The molecule has 4 heteroatoms. The number of carbonyl (C=O) groups excluding carboxylic acids is 3. The lowest BCUT2D eigenvalue weighted by atomic mass is 10.00. The number of benzene rings is 2. The van der Waals surface area contributed by atoms with Gasteiger partial charge in [-0.05, 0) is 16.8 Å². The van der Waals surface area contributed by atoms with E-state index in [9.17, 15) is 14.4 Å². The highest BCUT2D eigenvalue weighted by molar-refractivity contribution is 6.14. The Balaban J connectivity index is 2.63. The van der Waals surface area contributed by atoms with Gasteiger partial charge in [0.15, 0.2) is 6.29 Å². The zero-order valence-electron chi connectivity index (χ0n) is 9.77. The van der Waals surface area contributed by atoms with Crippen molar-refractivity contribution < 1.29 is 14.4 Å². The Morgan fingerprint density at radius 1 is 1.06 bits per heavy atom. The lowest BCUT2D eigenvalue weighted by Crippen LogP contribution is -2.28. The summed E-state index contributed by atoms with van der Waals surface area (Å²) < 4.78 is 0. The Labute approximate surface area is 104 Å². The minimum Gasteiger partial charge on any atom is -0.298 e. The molecule has 90 valence electrons. The van der Waals surface area contributed by atoms with Gasteiger partial charge >= 0.3 is 0 Å². The third kappa shape index (κ3) is 2.13. The summed E-state index contributed by atoms with van der Waals surface area (Å²) in [5.74, 6) is -0.875. The molecule has 0 fully saturated rings. The summed E-state index contributed by atoms with van der Waals surface area (Å²) in [6, 6.07) is 10.2. The summed E-state index contributed by atoms with van der Waals surface area (Å²) in [5.41, 5.74) is 0.899. The van der Waals surface area contributed by atoms with Crippen molar-refractivity contribution in [1.29, 1.82) is 0 Å². The van der Waals surface area contributed by atoms with Crippen LogP contribution in [-0.4, -0.2) is 18.1 Å². The van der Waals surface area contributed by atoms with Crippen LogP contribution in [0, 0.1) is 0 Å². The molecule has 0 aliphatic carbocycles. The molecule has 0 unspecified atom stereocenters. The molecule has 0 spiro atoms. The van der Waals surface area contributed by atoms with E-state index in [1.807, 2.05) is 0 Å². The maximum absolute atomic E-state index is 11.8. The summed E-state index contributed by atoms with van der Waals surface area (Å²) in [6.07, 6.45) is 0.745. The average Bonchev–Trinajstić information content (AvgIpc) is 2.36. The number of carbonyl (C=O) groups is 3. The number of amides is 2. The van der Waals surface area contributed by atoms with E-state index >= 15 is 0 Å². The standard InChI is InChI=1S/C14H11NO3/c1-9(17)15-14(18)13-7-6-10(8-16)11-4-2-3-5-12(11)13/h2-8H,1H3,(H,15,17,18). The second kappa shape index (κ2) is 4.79. The van der Waals surface area contributed by atoms with Gasteiger partial charge in [0.05, 0.1) is 0 Å². The third-order valence-corrected chi connectivity index (χ3v) is 2.62. The summed E-state index contributed by atoms with van der Waals surface area (Å²) in [5, 5.41) is 3.57. The lowest BCUT2D eigenvalue weighted by Gasteiger charge is -2.07. The molecule has 0 saturated heterocycles. The molecule has 0 heterocycles. The van der Waals surface area contributed by atoms with Gasteiger partial charge < -0.3 is 0 Å². The van der Waals surface area contributed by atoms with E-state index in [-0.39, 0.29) is 0 Å². The van der Waals surface area contributed by atoms with Crippen LogP contribution in [-0.2, 0) is 4.79 Å². The maximum atomic E-state index is 11.8. The average molecular weight is 241 g/mol. The molecule has 1 N–H and O–H groups in total. The monoisotopic (exact) mass is 241 g/mol. The van der Waals surface area contributed by atoms with Crippen molar-refractivity contribution in [3.8, 4) is 0 Å². The van der Waals surface area contributed by atoms with Gasteiger partial charge in [0.25, 0.3) is 5.91 Å². The van der Waals surface area contributed by atoms with Gasteiger partial charge in [0.1, 0.15) is 0 Å². The van der Waals surface area contributed by atoms with Crippen LogP contribution in [0.5, 0.6) is 0 Å². The number of rotatable bonds is 2. The summed E-state index contributed by atoms with van der Waals surface area (Å²) in [7, 11) is 0. The number of imide groups is 1. The van der Waals surface area contributed by atoms with Crippen molar-refractivity contribution in [3.05, 3.63) is 47.5 Å². The van der Waals surface area contributed by atoms with E-state index in [1.165, 1.54) is 6.92 Å². The number of hydrogen-bond donors (Lipinski definition) is 1. The largest absolute Gasteiger partial charge is 0.298 e. The zero-order chi connectivity index (χ0) is 13.1. The molecule has 18 heavy (non-hydrogen) atoms. The normalized spacial score (nSPS) is 10.1. The molecule has 0 bridgehead atoms. The summed E-state index contributed by atoms with van der Waals surface area (Å²) in [6.45, 7) is 1.28. The molecule has 0 atom stereocenters. The van der Waals surface area contributed by atoms with Crippen molar-refractivity contribution in [2.75, 3.05) is 0 Å². The molecule has 0 saturated carbocycles. The van der Waals surface area contributed by atoms with Gasteiger partial charge in [0, 0.05) is 18.1 Å². The van der Waals surface area contributed by atoms with Crippen LogP contribution in [0.3, 0.4) is 0 Å². The van der Waals surface area contributed by atoms with Gasteiger partial charge in [-0.3, -0.25) is 19.7 Å². The molecular formula is C14H11NO3. The minimum atomic E-state index is -0.462. The van der Waals surface area contributed by atoms with E-state index in [0.717, 1.165) is 6.29 Å². The van der Waals surface area contributed by atoms with Crippen molar-refractivity contribution >= 4 is 28.9 Å². The molecular weight excluding hydrogens is 230 g/mol. The van der Waals surface area contributed by atoms with Crippen LogP contribution in [0.2, 0.25) is 0 Å². The minimum absolute atomic E-state index is 0.381. The predicted octanol–water partition coefficient (Wildman–Crippen LogP) is 1.93. The fourth-order valence-electron chi connectivity index (χ4n) is 1.85. The van der Waals surface area contributed by atoms with Crippen molar-refractivity contribution in [3.63, 3.8) is 0 Å². The number of nitrogens with one attached hydrogen (secondary N) is 1. The smallest absolute Gasteiger partial charge is 0.258 e. The van der Waals surface area contributed by atoms with E-state index in [4.69, 9.17) is 0 Å². The number of hydrogen-bond acceptors (Lipinski definition) is 3. The van der Waals surface area contributed by atoms with E-state index in [1.54, 1.807) is 36.4 Å².